The topological polar surface area (TPSA) is 46.2 Å². The largest absolute Gasteiger partial charge is 0.394 e. The van der Waals surface area contributed by atoms with Gasteiger partial charge in [0.25, 0.3) is 5.92 Å². The number of fused-ring (bicyclic) bond motifs is 1. The summed E-state index contributed by atoms with van der Waals surface area (Å²) >= 11 is 0. The Bertz CT molecular complexity index is 432. The monoisotopic (exact) mass is 265 g/mol. The molecule has 1 atom stereocenters. The molecule has 6 heteroatoms. The van der Waals surface area contributed by atoms with Gasteiger partial charge in [0.2, 0.25) is 0 Å². The Morgan fingerprint density at radius 3 is 2.33 bits per heavy atom. The summed E-state index contributed by atoms with van der Waals surface area (Å²) in [6, 6.07) is -0.197. The quantitative estimate of drug-likeness (QED) is 0.708. The molecule has 3 N–H and O–H groups in total. The molecule has 0 saturated heterocycles. The Morgan fingerprint density at radius 1 is 1.33 bits per heavy atom. The van der Waals surface area contributed by atoms with E-state index in [4.69, 9.17) is 10.8 Å². The first-order chi connectivity index (χ1) is 8.15. The number of aliphatic hydroxyl groups is 1. The van der Waals surface area contributed by atoms with Crippen molar-refractivity contribution in [3.63, 3.8) is 0 Å². The van der Waals surface area contributed by atoms with Crippen molar-refractivity contribution in [2.24, 2.45) is 5.73 Å². The molecule has 0 aliphatic heterocycles. The highest BCUT2D eigenvalue weighted by atomic mass is 19.3. The van der Waals surface area contributed by atoms with Crippen LogP contribution in [0.2, 0.25) is 0 Å². The fraction of sp³-hybridized carbons (Fsp3) is 0.500. The number of hydrogen-bond acceptors (Lipinski definition) is 2. The number of halogens is 4. The highest BCUT2D eigenvalue weighted by molar-refractivity contribution is 5.39. The second kappa shape index (κ2) is 5.24. The maximum Gasteiger partial charge on any atom is 0.271 e. The molecule has 0 aromatic heterocycles. The van der Waals surface area contributed by atoms with Crippen LogP contribution in [0.3, 0.4) is 0 Å². The summed E-state index contributed by atoms with van der Waals surface area (Å²) in [6.45, 7) is 3.44. The zero-order chi connectivity index (χ0) is 14.1. The van der Waals surface area contributed by atoms with Gasteiger partial charge < -0.3 is 10.8 Å². The van der Waals surface area contributed by atoms with E-state index in [1.165, 1.54) is 0 Å². The first kappa shape index (κ1) is 14.9. The molecular weight excluding hydrogens is 250 g/mol. The van der Waals surface area contributed by atoms with Crippen LogP contribution in [0.25, 0.3) is 0 Å². The third-order valence-electron chi connectivity index (χ3n) is 2.37. The number of nitrogens with two attached hydrogens (primary N) is 1. The molecule has 0 radical (unpaired) electrons. The van der Waals surface area contributed by atoms with Crippen molar-refractivity contribution in [3.8, 4) is 0 Å². The second-order valence-corrected chi connectivity index (χ2v) is 4.47. The molecule has 1 aliphatic carbocycles. The van der Waals surface area contributed by atoms with E-state index in [0.29, 0.717) is 6.07 Å². The van der Waals surface area contributed by atoms with Crippen molar-refractivity contribution < 1.29 is 22.7 Å². The smallest absolute Gasteiger partial charge is 0.271 e. The number of rotatable bonds is 0. The average Bonchev–Trinajstić information content (AvgIpc) is 2.35. The van der Waals surface area contributed by atoms with Crippen LogP contribution in [0.15, 0.2) is 12.1 Å². The third-order valence-corrected chi connectivity index (χ3v) is 2.37. The van der Waals surface area contributed by atoms with E-state index >= 15 is 0 Å². The summed E-state index contributed by atoms with van der Waals surface area (Å²) in [7, 11) is 0. The highest BCUT2D eigenvalue weighted by Gasteiger charge is 2.47. The standard InChI is InChI=1S/C9H7F4N.C3H8O/c10-5-1-4-3-9(12,13)8(14)7(4)6(11)2-5;1-3(2)4/h1-2,8H,3,14H2;3-4H,1-2H3. The van der Waals surface area contributed by atoms with Gasteiger partial charge in [0.15, 0.2) is 0 Å². The van der Waals surface area contributed by atoms with Crippen LogP contribution in [-0.2, 0) is 6.42 Å². The van der Waals surface area contributed by atoms with Gasteiger partial charge in [-0.05, 0) is 25.5 Å². The first-order valence-corrected chi connectivity index (χ1v) is 5.44. The molecule has 18 heavy (non-hydrogen) atoms. The molecule has 0 amide bonds. The minimum atomic E-state index is -3.18. The van der Waals surface area contributed by atoms with Crippen LogP contribution >= 0.6 is 0 Å². The van der Waals surface area contributed by atoms with Gasteiger partial charge in [0.1, 0.15) is 11.6 Å². The Balaban J connectivity index is 0.000000357. The van der Waals surface area contributed by atoms with Crippen LogP contribution in [-0.4, -0.2) is 17.1 Å². The number of aliphatic hydroxyl groups excluding tert-OH is 1. The van der Waals surface area contributed by atoms with Crippen LogP contribution in [0.4, 0.5) is 17.6 Å². The third kappa shape index (κ3) is 3.20. The lowest BCUT2D eigenvalue weighted by atomic mass is 10.1. The maximum absolute atomic E-state index is 13.1. The zero-order valence-electron chi connectivity index (χ0n) is 10.1. The summed E-state index contributed by atoms with van der Waals surface area (Å²) in [5.41, 5.74) is 4.85. The zero-order valence-corrected chi connectivity index (χ0v) is 10.1. The van der Waals surface area contributed by atoms with E-state index in [-0.39, 0.29) is 17.2 Å². The lowest BCUT2D eigenvalue weighted by molar-refractivity contribution is -0.0140. The van der Waals surface area contributed by atoms with Crippen LogP contribution in [0.1, 0.15) is 31.0 Å². The SMILES string of the molecule is CC(C)O.NC1c2c(F)cc(F)cc2CC1(F)F. The van der Waals surface area contributed by atoms with Crippen molar-refractivity contribution in [3.05, 3.63) is 34.9 Å². The lowest BCUT2D eigenvalue weighted by Crippen LogP contribution is -2.29. The van der Waals surface area contributed by atoms with E-state index < -0.39 is 30.0 Å². The van der Waals surface area contributed by atoms with Crippen molar-refractivity contribution >= 4 is 0 Å². The maximum atomic E-state index is 13.1. The average molecular weight is 265 g/mol. The summed E-state index contributed by atoms with van der Waals surface area (Å²) in [4.78, 5) is 0. The highest BCUT2D eigenvalue weighted by Crippen LogP contribution is 2.42. The molecule has 1 aliphatic rings. The summed E-state index contributed by atoms with van der Waals surface area (Å²) < 4.78 is 51.8. The van der Waals surface area contributed by atoms with Crippen LogP contribution in [0, 0.1) is 11.6 Å². The van der Waals surface area contributed by atoms with Gasteiger partial charge in [0, 0.05) is 24.2 Å². The Kier molecular flexibility index (Phi) is 4.34. The number of hydrogen-bond donors (Lipinski definition) is 2. The molecule has 1 aromatic carbocycles. The van der Waals surface area contributed by atoms with Gasteiger partial charge in [-0.2, -0.15) is 0 Å². The predicted molar refractivity (Wildman–Crippen MR) is 59.3 cm³/mol. The predicted octanol–water partition coefficient (Wildman–Crippen LogP) is 2.54. The molecule has 2 rings (SSSR count). The van der Waals surface area contributed by atoms with Gasteiger partial charge in [-0.1, -0.05) is 0 Å². The number of alkyl halides is 2. The number of benzene rings is 1. The Morgan fingerprint density at radius 2 is 1.83 bits per heavy atom. The van der Waals surface area contributed by atoms with Crippen molar-refractivity contribution in [1.29, 1.82) is 0 Å². The molecule has 0 bridgehead atoms. The van der Waals surface area contributed by atoms with E-state index in [1.807, 2.05) is 0 Å². The molecule has 1 aromatic rings. The molecule has 0 saturated carbocycles. The van der Waals surface area contributed by atoms with E-state index in [9.17, 15) is 17.6 Å². The summed E-state index contributed by atoms with van der Waals surface area (Å²) in [6.07, 6.45) is -0.863. The lowest BCUT2D eigenvalue weighted by Gasteiger charge is -2.14. The van der Waals surface area contributed by atoms with Crippen molar-refractivity contribution in [2.45, 2.75) is 38.3 Å². The summed E-state index contributed by atoms with van der Waals surface area (Å²) in [5, 5.41) is 8.06. The fourth-order valence-corrected chi connectivity index (χ4v) is 1.71. The molecule has 1 unspecified atom stereocenters. The van der Waals surface area contributed by atoms with Gasteiger partial charge in [0.05, 0.1) is 6.04 Å². The Hall–Kier alpha value is -1.14. The Labute approximate surface area is 102 Å². The van der Waals surface area contributed by atoms with Gasteiger partial charge in [-0.3, -0.25) is 0 Å². The minimum Gasteiger partial charge on any atom is -0.394 e. The van der Waals surface area contributed by atoms with Gasteiger partial charge in [-0.15, -0.1) is 0 Å². The van der Waals surface area contributed by atoms with Crippen molar-refractivity contribution in [1.82, 2.24) is 0 Å². The fourth-order valence-electron chi connectivity index (χ4n) is 1.71. The summed E-state index contributed by atoms with van der Waals surface area (Å²) in [5.74, 6) is -5.03. The molecule has 0 spiro atoms. The van der Waals surface area contributed by atoms with E-state index in [0.717, 1.165) is 6.07 Å². The molecule has 0 heterocycles. The van der Waals surface area contributed by atoms with Crippen LogP contribution in [0.5, 0.6) is 0 Å². The normalized spacial score (nSPS) is 20.4. The molecule has 0 fully saturated rings. The van der Waals surface area contributed by atoms with E-state index in [1.54, 1.807) is 13.8 Å². The van der Waals surface area contributed by atoms with Crippen LogP contribution < -0.4 is 5.73 Å². The second-order valence-electron chi connectivity index (χ2n) is 4.47. The van der Waals surface area contributed by atoms with Gasteiger partial charge in [-0.25, -0.2) is 17.6 Å². The first-order valence-electron chi connectivity index (χ1n) is 5.44. The molecule has 102 valence electrons. The van der Waals surface area contributed by atoms with E-state index in [2.05, 4.69) is 0 Å². The molecule has 2 nitrogen and oxygen atoms in total. The molecular formula is C12H15F4NO. The minimum absolute atomic E-state index is 0.0417. The van der Waals surface area contributed by atoms with Crippen molar-refractivity contribution in [2.75, 3.05) is 0 Å². The van der Waals surface area contributed by atoms with Gasteiger partial charge >= 0.3 is 0 Å².